The summed E-state index contributed by atoms with van der Waals surface area (Å²) in [6.45, 7) is 5.77. The molecule has 0 heterocycles. The molecule has 0 aliphatic heterocycles. The number of ether oxygens (including phenoxy) is 1. The Bertz CT molecular complexity index is 365. The fourth-order valence-corrected chi connectivity index (χ4v) is 2.89. The molecule has 0 aromatic heterocycles. The summed E-state index contributed by atoms with van der Waals surface area (Å²) in [5, 5.41) is 3.68. The van der Waals surface area contributed by atoms with Gasteiger partial charge in [0.2, 0.25) is 0 Å². The molecule has 2 nitrogen and oxygen atoms in total. The van der Waals surface area contributed by atoms with Gasteiger partial charge in [0.25, 0.3) is 0 Å². The van der Waals surface area contributed by atoms with Gasteiger partial charge in [-0.15, -0.1) is 0 Å². The van der Waals surface area contributed by atoms with Crippen LogP contribution in [-0.4, -0.2) is 13.7 Å². The number of benzene rings is 1. The van der Waals surface area contributed by atoms with Gasteiger partial charge in [0.1, 0.15) is 5.75 Å². The van der Waals surface area contributed by atoms with Crippen LogP contribution in [0.4, 0.5) is 0 Å². The van der Waals surface area contributed by atoms with Crippen LogP contribution in [-0.2, 0) is 0 Å². The van der Waals surface area contributed by atoms with Crippen molar-refractivity contribution in [1.82, 2.24) is 5.32 Å². The lowest BCUT2D eigenvalue weighted by molar-refractivity contribution is 0.276. The SMILES string of the molecule is COc1ccc(C(C)NCC2CCC(C)CC2)cc1. The van der Waals surface area contributed by atoms with Crippen molar-refractivity contribution in [1.29, 1.82) is 0 Å². The fraction of sp³-hybridized carbons (Fsp3) is 0.647. The van der Waals surface area contributed by atoms with Crippen molar-refractivity contribution in [3.63, 3.8) is 0 Å². The molecule has 1 aromatic carbocycles. The van der Waals surface area contributed by atoms with Crippen LogP contribution >= 0.6 is 0 Å². The molecule has 0 radical (unpaired) electrons. The predicted octanol–water partition coefficient (Wildman–Crippen LogP) is 4.17. The average Bonchev–Trinajstić information content (AvgIpc) is 2.46. The molecule has 1 saturated carbocycles. The Kier molecular flexibility index (Phi) is 5.26. The second-order valence-corrected chi connectivity index (χ2v) is 6.03. The van der Waals surface area contributed by atoms with Gasteiger partial charge in [0, 0.05) is 6.04 Å². The Balaban J connectivity index is 1.78. The number of methoxy groups -OCH3 is 1. The predicted molar refractivity (Wildman–Crippen MR) is 80.5 cm³/mol. The van der Waals surface area contributed by atoms with Crippen molar-refractivity contribution < 1.29 is 4.74 Å². The average molecular weight is 261 g/mol. The molecular formula is C17H27NO. The summed E-state index contributed by atoms with van der Waals surface area (Å²) in [5.74, 6) is 2.74. The van der Waals surface area contributed by atoms with Crippen LogP contribution in [0, 0.1) is 11.8 Å². The highest BCUT2D eigenvalue weighted by atomic mass is 16.5. The van der Waals surface area contributed by atoms with Crippen molar-refractivity contribution in [3.05, 3.63) is 29.8 Å². The maximum Gasteiger partial charge on any atom is 0.118 e. The topological polar surface area (TPSA) is 21.3 Å². The van der Waals surface area contributed by atoms with Crippen LogP contribution in [0.25, 0.3) is 0 Å². The first kappa shape index (κ1) is 14.4. The van der Waals surface area contributed by atoms with E-state index in [1.54, 1.807) is 7.11 Å². The molecule has 106 valence electrons. The molecule has 2 heteroatoms. The van der Waals surface area contributed by atoms with Crippen molar-refractivity contribution in [2.24, 2.45) is 11.8 Å². The Labute approximate surface area is 117 Å². The first-order valence-corrected chi connectivity index (χ1v) is 7.56. The Morgan fingerprint density at radius 2 is 1.79 bits per heavy atom. The Hall–Kier alpha value is -1.02. The second-order valence-electron chi connectivity index (χ2n) is 6.03. The fourth-order valence-electron chi connectivity index (χ4n) is 2.89. The van der Waals surface area contributed by atoms with E-state index in [0.717, 1.165) is 24.1 Å². The highest BCUT2D eigenvalue weighted by molar-refractivity contribution is 5.28. The van der Waals surface area contributed by atoms with Crippen LogP contribution in [0.2, 0.25) is 0 Å². The molecule has 1 fully saturated rings. The van der Waals surface area contributed by atoms with Crippen LogP contribution < -0.4 is 10.1 Å². The summed E-state index contributed by atoms with van der Waals surface area (Å²) in [4.78, 5) is 0. The van der Waals surface area contributed by atoms with Crippen molar-refractivity contribution in [3.8, 4) is 5.75 Å². The van der Waals surface area contributed by atoms with Gasteiger partial charge in [-0.1, -0.05) is 31.9 Å². The van der Waals surface area contributed by atoms with Gasteiger partial charge < -0.3 is 10.1 Å². The zero-order chi connectivity index (χ0) is 13.7. The summed E-state index contributed by atoms with van der Waals surface area (Å²) in [5.41, 5.74) is 1.34. The van der Waals surface area contributed by atoms with Gasteiger partial charge in [-0.05, 0) is 55.8 Å². The third kappa shape index (κ3) is 4.24. The van der Waals surface area contributed by atoms with Gasteiger partial charge in [-0.2, -0.15) is 0 Å². The number of hydrogen-bond donors (Lipinski definition) is 1. The zero-order valence-electron chi connectivity index (χ0n) is 12.5. The van der Waals surface area contributed by atoms with E-state index in [2.05, 4.69) is 31.3 Å². The zero-order valence-corrected chi connectivity index (χ0v) is 12.5. The Morgan fingerprint density at radius 1 is 1.16 bits per heavy atom. The summed E-state index contributed by atoms with van der Waals surface area (Å²) < 4.78 is 5.19. The summed E-state index contributed by atoms with van der Waals surface area (Å²) in [6.07, 6.45) is 5.60. The van der Waals surface area contributed by atoms with E-state index >= 15 is 0 Å². The van der Waals surface area contributed by atoms with Crippen LogP contribution in [0.1, 0.15) is 51.1 Å². The van der Waals surface area contributed by atoms with Crippen LogP contribution in [0.5, 0.6) is 5.75 Å². The minimum atomic E-state index is 0.422. The van der Waals surface area contributed by atoms with Gasteiger partial charge in [-0.3, -0.25) is 0 Å². The smallest absolute Gasteiger partial charge is 0.118 e. The van der Waals surface area contributed by atoms with E-state index in [0.29, 0.717) is 6.04 Å². The molecule has 0 amide bonds. The molecule has 2 rings (SSSR count). The monoisotopic (exact) mass is 261 g/mol. The molecule has 0 saturated heterocycles. The van der Waals surface area contributed by atoms with E-state index < -0.39 is 0 Å². The summed E-state index contributed by atoms with van der Waals surface area (Å²) >= 11 is 0. The first-order chi connectivity index (χ1) is 9.19. The third-order valence-electron chi connectivity index (χ3n) is 4.46. The maximum absolute atomic E-state index is 5.19. The number of rotatable bonds is 5. The van der Waals surface area contributed by atoms with Gasteiger partial charge >= 0.3 is 0 Å². The normalized spacial score (nSPS) is 25.0. The maximum atomic E-state index is 5.19. The molecule has 1 aromatic rings. The summed E-state index contributed by atoms with van der Waals surface area (Å²) in [7, 11) is 1.71. The van der Waals surface area contributed by atoms with E-state index in [-0.39, 0.29) is 0 Å². The molecular weight excluding hydrogens is 234 g/mol. The molecule has 0 bridgehead atoms. The number of nitrogens with one attached hydrogen (secondary N) is 1. The second kappa shape index (κ2) is 6.95. The first-order valence-electron chi connectivity index (χ1n) is 7.56. The van der Waals surface area contributed by atoms with Gasteiger partial charge in [-0.25, -0.2) is 0 Å². The molecule has 1 aliphatic carbocycles. The van der Waals surface area contributed by atoms with E-state index in [1.807, 2.05) is 12.1 Å². The lowest BCUT2D eigenvalue weighted by Crippen LogP contribution is -2.28. The third-order valence-corrected chi connectivity index (χ3v) is 4.46. The highest BCUT2D eigenvalue weighted by Crippen LogP contribution is 2.28. The van der Waals surface area contributed by atoms with Crippen LogP contribution in [0.3, 0.4) is 0 Å². The van der Waals surface area contributed by atoms with Crippen molar-refractivity contribution in [2.75, 3.05) is 13.7 Å². The van der Waals surface area contributed by atoms with E-state index in [9.17, 15) is 0 Å². The lowest BCUT2D eigenvalue weighted by Gasteiger charge is -2.27. The highest BCUT2D eigenvalue weighted by Gasteiger charge is 2.18. The largest absolute Gasteiger partial charge is 0.497 e. The molecule has 1 unspecified atom stereocenters. The molecule has 0 spiro atoms. The lowest BCUT2D eigenvalue weighted by atomic mass is 9.83. The minimum absolute atomic E-state index is 0.422. The van der Waals surface area contributed by atoms with Crippen molar-refractivity contribution in [2.45, 2.75) is 45.6 Å². The molecule has 19 heavy (non-hydrogen) atoms. The molecule has 1 atom stereocenters. The molecule has 1 aliphatic rings. The van der Waals surface area contributed by atoms with Crippen molar-refractivity contribution >= 4 is 0 Å². The van der Waals surface area contributed by atoms with E-state index in [1.165, 1.54) is 31.2 Å². The summed E-state index contributed by atoms with van der Waals surface area (Å²) in [6, 6.07) is 8.80. The minimum Gasteiger partial charge on any atom is -0.497 e. The van der Waals surface area contributed by atoms with Gasteiger partial charge in [0.05, 0.1) is 7.11 Å². The quantitative estimate of drug-likeness (QED) is 0.859. The number of hydrogen-bond acceptors (Lipinski definition) is 2. The standard InChI is InChI=1S/C17H27NO/c1-13-4-6-15(7-5-13)12-18-14(2)16-8-10-17(19-3)11-9-16/h8-11,13-15,18H,4-7,12H2,1-3H3. The molecule has 1 N–H and O–H groups in total. The van der Waals surface area contributed by atoms with Crippen LogP contribution in [0.15, 0.2) is 24.3 Å². The van der Waals surface area contributed by atoms with E-state index in [4.69, 9.17) is 4.74 Å². The van der Waals surface area contributed by atoms with Gasteiger partial charge in [0.15, 0.2) is 0 Å². The Morgan fingerprint density at radius 3 is 2.37 bits per heavy atom.